The van der Waals surface area contributed by atoms with E-state index in [0.29, 0.717) is 11.8 Å². The van der Waals surface area contributed by atoms with Gasteiger partial charge in [-0.2, -0.15) is 4.98 Å². The van der Waals surface area contributed by atoms with E-state index >= 15 is 0 Å². The van der Waals surface area contributed by atoms with E-state index in [1.54, 1.807) is 26.2 Å². The molecule has 0 saturated heterocycles. The van der Waals surface area contributed by atoms with Gasteiger partial charge < -0.3 is 16.0 Å². The van der Waals surface area contributed by atoms with Crippen LogP contribution in [0.3, 0.4) is 0 Å². The SMILES string of the molecule is CNc1nccc(NC(C)C(=O)NC(C)C)n1. The summed E-state index contributed by atoms with van der Waals surface area (Å²) in [5.41, 5.74) is 0. The first-order valence-corrected chi connectivity index (χ1v) is 5.60. The van der Waals surface area contributed by atoms with Gasteiger partial charge in [0.1, 0.15) is 11.9 Å². The van der Waals surface area contributed by atoms with Crippen molar-refractivity contribution in [2.24, 2.45) is 0 Å². The number of amides is 1. The maximum atomic E-state index is 11.7. The summed E-state index contributed by atoms with van der Waals surface area (Å²) in [7, 11) is 1.74. The summed E-state index contributed by atoms with van der Waals surface area (Å²) in [6, 6.07) is 1.52. The Bertz CT molecular complexity index is 380. The van der Waals surface area contributed by atoms with E-state index in [-0.39, 0.29) is 18.0 Å². The van der Waals surface area contributed by atoms with Crippen LogP contribution in [0.1, 0.15) is 20.8 Å². The standard InChI is InChI=1S/C11H19N5O/c1-7(2)14-10(17)8(3)15-9-5-6-13-11(12-4)16-9/h5-8H,1-4H3,(H,14,17)(H2,12,13,15,16). The molecule has 6 heteroatoms. The van der Waals surface area contributed by atoms with Crippen LogP contribution in [0.15, 0.2) is 12.3 Å². The van der Waals surface area contributed by atoms with Crippen molar-refractivity contribution < 1.29 is 4.79 Å². The Balaban J connectivity index is 2.60. The second-order valence-corrected chi connectivity index (χ2v) is 4.04. The molecule has 0 saturated carbocycles. The zero-order valence-corrected chi connectivity index (χ0v) is 10.6. The second-order valence-electron chi connectivity index (χ2n) is 4.04. The molecule has 0 spiro atoms. The Morgan fingerprint density at radius 2 is 2.06 bits per heavy atom. The summed E-state index contributed by atoms with van der Waals surface area (Å²) in [6.07, 6.45) is 1.63. The highest BCUT2D eigenvalue weighted by atomic mass is 16.2. The quantitative estimate of drug-likeness (QED) is 0.707. The molecule has 0 aliphatic rings. The number of rotatable bonds is 5. The summed E-state index contributed by atoms with van der Waals surface area (Å²) in [5.74, 6) is 1.09. The molecule has 1 amide bonds. The summed E-state index contributed by atoms with van der Waals surface area (Å²) in [6.45, 7) is 5.64. The van der Waals surface area contributed by atoms with Crippen molar-refractivity contribution in [3.8, 4) is 0 Å². The van der Waals surface area contributed by atoms with Crippen molar-refractivity contribution in [3.05, 3.63) is 12.3 Å². The van der Waals surface area contributed by atoms with Gasteiger partial charge in [0.15, 0.2) is 0 Å². The minimum Gasteiger partial charge on any atom is -0.358 e. The zero-order chi connectivity index (χ0) is 12.8. The molecule has 1 aromatic rings. The van der Waals surface area contributed by atoms with E-state index in [1.165, 1.54) is 0 Å². The minimum atomic E-state index is -0.336. The zero-order valence-electron chi connectivity index (χ0n) is 10.6. The van der Waals surface area contributed by atoms with Gasteiger partial charge in [0.25, 0.3) is 0 Å². The summed E-state index contributed by atoms with van der Waals surface area (Å²) in [5, 5.41) is 8.69. The van der Waals surface area contributed by atoms with Crippen molar-refractivity contribution in [1.82, 2.24) is 15.3 Å². The van der Waals surface area contributed by atoms with Gasteiger partial charge in [-0.25, -0.2) is 4.98 Å². The Kier molecular flexibility index (Phi) is 4.68. The molecular formula is C11H19N5O. The molecule has 94 valence electrons. The molecule has 0 fully saturated rings. The molecule has 1 unspecified atom stereocenters. The Hall–Kier alpha value is -1.85. The van der Waals surface area contributed by atoms with Crippen molar-refractivity contribution in [1.29, 1.82) is 0 Å². The fraction of sp³-hybridized carbons (Fsp3) is 0.545. The maximum Gasteiger partial charge on any atom is 0.242 e. The predicted octanol–water partition coefficient (Wildman–Crippen LogP) is 0.843. The van der Waals surface area contributed by atoms with Crippen LogP contribution in [0.4, 0.5) is 11.8 Å². The average Bonchev–Trinajstić information content (AvgIpc) is 2.28. The Labute approximate surface area is 101 Å². The third kappa shape index (κ3) is 4.26. The number of carbonyl (C=O) groups is 1. The molecule has 17 heavy (non-hydrogen) atoms. The van der Waals surface area contributed by atoms with Crippen LogP contribution in [-0.4, -0.2) is 35.0 Å². The number of nitrogens with one attached hydrogen (secondary N) is 3. The highest BCUT2D eigenvalue weighted by Gasteiger charge is 2.13. The lowest BCUT2D eigenvalue weighted by Crippen LogP contribution is -2.41. The molecule has 1 atom stereocenters. The molecule has 0 aromatic carbocycles. The third-order valence-electron chi connectivity index (χ3n) is 2.07. The van der Waals surface area contributed by atoms with Crippen molar-refractivity contribution in [2.75, 3.05) is 17.7 Å². The maximum absolute atomic E-state index is 11.7. The number of carbonyl (C=O) groups excluding carboxylic acids is 1. The van der Waals surface area contributed by atoms with Crippen LogP contribution in [0, 0.1) is 0 Å². The minimum absolute atomic E-state index is 0.0513. The van der Waals surface area contributed by atoms with Crippen LogP contribution in [0.25, 0.3) is 0 Å². The van der Waals surface area contributed by atoms with Crippen LogP contribution >= 0.6 is 0 Å². The largest absolute Gasteiger partial charge is 0.358 e. The second kappa shape index (κ2) is 6.03. The molecule has 3 N–H and O–H groups in total. The van der Waals surface area contributed by atoms with Crippen LogP contribution < -0.4 is 16.0 Å². The molecule has 0 aliphatic carbocycles. The van der Waals surface area contributed by atoms with Crippen LogP contribution in [-0.2, 0) is 4.79 Å². The van der Waals surface area contributed by atoms with Crippen LogP contribution in [0.5, 0.6) is 0 Å². The van der Waals surface area contributed by atoms with Crippen molar-refractivity contribution in [2.45, 2.75) is 32.9 Å². The fourth-order valence-electron chi connectivity index (χ4n) is 1.26. The molecule has 1 rings (SSSR count). The van der Waals surface area contributed by atoms with Crippen molar-refractivity contribution in [3.63, 3.8) is 0 Å². The molecular weight excluding hydrogens is 218 g/mol. The molecule has 0 bridgehead atoms. The lowest BCUT2D eigenvalue weighted by molar-refractivity contribution is -0.122. The highest BCUT2D eigenvalue weighted by Crippen LogP contribution is 2.06. The van der Waals surface area contributed by atoms with E-state index in [1.807, 2.05) is 13.8 Å². The number of nitrogens with zero attached hydrogens (tertiary/aromatic N) is 2. The Morgan fingerprint density at radius 3 is 2.65 bits per heavy atom. The predicted molar refractivity (Wildman–Crippen MR) is 67.9 cm³/mol. The summed E-state index contributed by atoms with van der Waals surface area (Å²) >= 11 is 0. The number of anilines is 2. The van der Waals surface area contributed by atoms with Gasteiger partial charge in [0.05, 0.1) is 0 Å². The monoisotopic (exact) mass is 237 g/mol. The van der Waals surface area contributed by atoms with Gasteiger partial charge in [-0.15, -0.1) is 0 Å². The van der Waals surface area contributed by atoms with Gasteiger partial charge in [0, 0.05) is 19.3 Å². The van der Waals surface area contributed by atoms with Gasteiger partial charge in [-0.1, -0.05) is 0 Å². The number of aromatic nitrogens is 2. The normalized spacial score (nSPS) is 12.1. The van der Waals surface area contributed by atoms with Gasteiger partial charge in [0.2, 0.25) is 11.9 Å². The van der Waals surface area contributed by atoms with Crippen LogP contribution in [0.2, 0.25) is 0 Å². The third-order valence-corrected chi connectivity index (χ3v) is 2.07. The van der Waals surface area contributed by atoms with E-state index in [2.05, 4.69) is 25.9 Å². The van der Waals surface area contributed by atoms with E-state index in [9.17, 15) is 4.79 Å². The molecule has 1 heterocycles. The summed E-state index contributed by atoms with van der Waals surface area (Å²) in [4.78, 5) is 19.9. The highest BCUT2D eigenvalue weighted by molar-refractivity contribution is 5.84. The molecule has 0 aliphatic heterocycles. The lowest BCUT2D eigenvalue weighted by atomic mass is 10.3. The van der Waals surface area contributed by atoms with E-state index in [0.717, 1.165) is 0 Å². The van der Waals surface area contributed by atoms with Gasteiger partial charge in [-0.3, -0.25) is 4.79 Å². The molecule has 0 radical (unpaired) electrons. The fourth-order valence-corrected chi connectivity index (χ4v) is 1.26. The lowest BCUT2D eigenvalue weighted by Gasteiger charge is -2.16. The van der Waals surface area contributed by atoms with Gasteiger partial charge in [-0.05, 0) is 26.8 Å². The smallest absolute Gasteiger partial charge is 0.242 e. The van der Waals surface area contributed by atoms with Gasteiger partial charge >= 0.3 is 0 Å². The first-order valence-electron chi connectivity index (χ1n) is 5.60. The average molecular weight is 237 g/mol. The van der Waals surface area contributed by atoms with E-state index < -0.39 is 0 Å². The first kappa shape index (κ1) is 13.2. The molecule has 1 aromatic heterocycles. The Morgan fingerprint density at radius 1 is 1.35 bits per heavy atom. The summed E-state index contributed by atoms with van der Waals surface area (Å²) < 4.78 is 0. The number of hydrogen-bond acceptors (Lipinski definition) is 5. The number of hydrogen-bond donors (Lipinski definition) is 3. The van der Waals surface area contributed by atoms with Crippen molar-refractivity contribution >= 4 is 17.7 Å². The first-order chi connectivity index (χ1) is 8.02. The topological polar surface area (TPSA) is 78.9 Å². The van der Waals surface area contributed by atoms with E-state index in [4.69, 9.17) is 0 Å². The molecule has 6 nitrogen and oxygen atoms in total.